The lowest BCUT2D eigenvalue weighted by Gasteiger charge is -2.13. The third-order valence-electron chi connectivity index (χ3n) is 4.46. The summed E-state index contributed by atoms with van der Waals surface area (Å²) in [5.74, 6) is 0.435. The van der Waals surface area contributed by atoms with Gasteiger partial charge < -0.3 is 4.74 Å². The first-order valence-corrected chi connectivity index (χ1v) is 9.31. The molecule has 0 saturated carbocycles. The molecular weight excluding hydrogens is 346 g/mol. The number of benzene rings is 2. The van der Waals surface area contributed by atoms with Crippen molar-refractivity contribution in [3.05, 3.63) is 64.1 Å². The summed E-state index contributed by atoms with van der Waals surface area (Å²) in [6, 6.07) is 13.1. The number of aryl methyl sites for hydroxylation is 2. The molecule has 5 heteroatoms. The Balaban J connectivity index is 1.93. The van der Waals surface area contributed by atoms with Crippen molar-refractivity contribution in [3.8, 4) is 5.75 Å². The molecule has 1 saturated heterocycles. The monoisotopic (exact) mass is 367 g/mol. The number of rotatable bonds is 4. The van der Waals surface area contributed by atoms with E-state index < -0.39 is 0 Å². The summed E-state index contributed by atoms with van der Waals surface area (Å²) in [5.41, 5.74) is 4.70. The number of anilines is 1. The van der Waals surface area contributed by atoms with Crippen LogP contribution in [0.4, 0.5) is 10.5 Å². The highest BCUT2D eigenvalue weighted by Crippen LogP contribution is 2.39. The zero-order valence-electron chi connectivity index (χ0n) is 15.3. The van der Waals surface area contributed by atoms with Crippen molar-refractivity contribution >= 4 is 34.2 Å². The topological polar surface area (TPSA) is 46.6 Å². The molecule has 0 spiro atoms. The number of imide groups is 1. The van der Waals surface area contributed by atoms with Crippen LogP contribution in [0.2, 0.25) is 0 Å². The van der Waals surface area contributed by atoms with Crippen molar-refractivity contribution in [3.63, 3.8) is 0 Å². The van der Waals surface area contributed by atoms with E-state index in [4.69, 9.17) is 4.74 Å². The number of hydrogen-bond acceptors (Lipinski definition) is 4. The molecule has 2 aromatic rings. The molecule has 0 atom stereocenters. The molecule has 3 rings (SSSR count). The number of ether oxygens (including phenoxy) is 1. The van der Waals surface area contributed by atoms with Gasteiger partial charge in [0, 0.05) is 0 Å². The second-order valence-electron chi connectivity index (χ2n) is 6.19. The van der Waals surface area contributed by atoms with Gasteiger partial charge >= 0.3 is 0 Å². The van der Waals surface area contributed by atoms with Crippen molar-refractivity contribution in [1.82, 2.24) is 0 Å². The highest BCUT2D eigenvalue weighted by molar-refractivity contribution is 8.19. The Morgan fingerprint density at radius 1 is 1.04 bits per heavy atom. The van der Waals surface area contributed by atoms with E-state index in [1.807, 2.05) is 39.8 Å². The predicted molar refractivity (Wildman–Crippen MR) is 107 cm³/mol. The van der Waals surface area contributed by atoms with Gasteiger partial charge in [0.2, 0.25) is 0 Å². The highest BCUT2D eigenvalue weighted by Gasteiger charge is 2.37. The van der Waals surface area contributed by atoms with E-state index in [-0.39, 0.29) is 11.1 Å². The SMILES string of the molecule is CCOc1ccc(N2C(=O)S/C(=C(/C)c3ccc(C)c(C)c3)C2=O)cc1. The molecule has 0 aromatic heterocycles. The van der Waals surface area contributed by atoms with Gasteiger partial charge in [-0.15, -0.1) is 0 Å². The molecular formula is C21H21NO3S. The van der Waals surface area contributed by atoms with Crippen LogP contribution >= 0.6 is 11.8 Å². The molecule has 0 radical (unpaired) electrons. The summed E-state index contributed by atoms with van der Waals surface area (Å²) in [6.07, 6.45) is 0. The Morgan fingerprint density at radius 3 is 2.35 bits per heavy atom. The van der Waals surface area contributed by atoms with E-state index in [1.54, 1.807) is 24.3 Å². The Bertz CT molecular complexity index is 900. The van der Waals surface area contributed by atoms with Gasteiger partial charge in [-0.2, -0.15) is 0 Å². The average Bonchev–Trinajstić information content (AvgIpc) is 2.92. The summed E-state index contributed by atoms with van der Waals surface area (Å²) >= 11 is 0.990. The maximum absolute atomic E-state index is 12.9. The lowest BCUT2D eigenvalue weighted by Crippen LogP contribution is -2.27. The van der Waals surface area contributed by atoms with E-state index >= 15 is 0 Å². The first-order chi connectivity index (χ1) is 12.4. The molecule has 2 aromatic carbocycles. The third kappa shape index (κ3) is 3.40. The quantitative estimate of drug-likeness (QED) is 0.685. The van der Waals surface area contributed by atoms with Crippen molar-refractivity contribution in [1.29, 1.82) is 0 Å². The van der Waals surface area contributed by atoms with Gasteiger partial charge in [-0.05, 0) is 86.0 Å². The van der Waals surface area contributed by atoms with Gasteiger partial charge in [-0.25, -0.2) is 4.90 Å². The fourth-order valence-electron chi connectivity index (χ4n) is 2.78. The van der Waals surface area contributed by atoms with Crippen LogP contribution in [0.25, 0.3) is 5.57 Å². The van der Waals surface area contributed by atoms with Gasteiger partial charge in [0.1, 0.15) is 5.75 Å². The predicted octanol–water partition coefficient (Wildman–Crippen LogP) is 5.33. The van der Waals surface area contributed by atoms with Gasteiger partial charge in [0.05, 0.1) is 17.2 Å². The fraction of sp³-hybridized carbons (Fsp3) is 0.238. The van der Waals surface area contributed by atoms with Crippen LogP contribution in [0.5, 0.6) is 5.75 Å². The molecule has 0 N–H and O–H groups in total. The molecule has 1 aliphatic rings. The summed E-state index contributed by atoms with van der Waals surface area (Å²) < 4.78 is 5.41. The smallest absolute Gasteiger partial charge is 0.298 e. The Morgan fingerprint density at radius 2 is 1.73 bits per heavy atom. The van der Waals surface area contributed by atoms with E-state index in [2.05, 4.69) is 6.07 Å². The molecule has 2 amide bonds. The maximum Gasteiger partial charge on any atom is 0.298 e. The Kier molecular flexibility index (Phi) is 5.18. The van der Waals surface area contributed by atoms with Crippen molar-refractivity contribution < 1.29 is 14.3 Å². The zero-order chi connectivity index (χ0) is 18.8. The summed E-state index contributed by atoms with van der Waals surface area (Å²) in [4.78, 5) is 27.1. The van der Waals surface area contributed by atoms with Crippen molar-refractivity contribution in [2.24, 2.45) is 0 Å². The second kappa shape index (κ2) is 7.38. The van der Waals surface area contributed by atoms with Gasteiger partial charge in [-0.3, -0.25) is 9.59 Å². The third-order valence-corrected chi connectivity index (χ3v) is 5.50. The lowest BCUT2D eigenvalue weighted by molar-refractivity contribution is -0.113. The molecule has 134 valence electrons. The minimum Gasteiger partial charge on any atom is -0.494 e. The summed E-state index contributed by atoms with van der Waals surface area (Å²) in [6.45, 7) is 8.45. The molecule has 0 unspecified atom stereocenters. The number of carbonyl (C=O) groups is 2. The van der Waals surface area contributed by atoms with Gasteiger partial charge in [0.25, 0.3) is 11.1 Å². The molecule has 26 heavy (non-hydrogen) atoms. The summed E-state index contributed by atoms with van der Waals surface area (Å²) in [5, 5.41) is -0.280. The van der Waals surface area contributed by atoms with Crippen LogP contribution in [0.1, 0.15) is 30.5 Å². The van der Waals surface area contributed by atoms with E-state index in [1.165, 1.54) is 10.5 Å². The second-order valence-corrected chi connectivity index (χ2v) is 7.15. The zero-order valence-corrected chi connectivity index (χ0v) is 16.1. The minimum atomic E-state index is -0.280. The van der Waals surface area contributed by atoms with Crippen LogP contribution in [-0.2, 0) is 4.79 Å². The van der Waals surface area contributed by atoms with E-state index in [9.17, 15) is 9.59 Å². The highest BCUT2D eigenvalue weighted by atomic mass is 32.2. The van der Waals surface area contributed by atoms with Gasteiger partial charge in [0.15, 0.2) is 0 Å². The molecule has 1 heterocycles. The first kappa shape index (κ1) is 18.3. The molecule has 1 fully saturated rings. The number of nitrogens with zero attached hydrogens (tertiary/aromatic N) is 1. The first-order valence-electron chi connectivity index (χ1n) is 8.50. The normalized spacial score (nSPS) is 16.2. The number of amides is 2. The average molecular weight is 367 g/mol. The fourth-order valence-corrected chi connectivity index (χ4v) is 3.69. The van der Waals surface area contributed by atoms with Crippen LogP contribution < -0.4 is 9.64 Å². The number of thioether (sulfide) groups is 1. The maximum atomic E-state index is 12.9. The van der Waals surface area contributed by atoms with Crippen LogP contribution in [-0.4, -0.2) is 17.8 Å². The van der Waals surface area contributed by atoms with Crippen LogP contribution in [0.3, 0.4) is 0 Å². The number of hydrogen-bond donors (Lipinski definition) is 0. The summed E-state index contributed by atoms with van der Waals surface area (Å²) in [7, 11) is 0. The molecule has 0 bridgehead atoms. The minimum absolute atomic E-state index is 0.278. The van der Waals surface area contributed by atoms with Crippen molar-refractivity contribution in [2.75, 3.05) is 11.5 Å². The number of allylic oxidation sites excluding steroid dienone is 1. The van der Waals surface area contributed by atoms with E-state index in [0.29, 0.717) is 22.9 Å². The van der Waals surface area contributed by atoms with E-state index in [0.717, 1.165) is 28.5 Å². The Hall–Kier alpha value is -2.53. The van der Waals surface area contributed by atoms with Crippen molar-refractivity contribution in [2.45, 2.75) is 27.7 Å². The molecule has 0 aliphatic carbocycles. The van der Waals surface area contributed by atoms with Crippen LogP contribution in [0, 0.1) is 13.8 Å². The van der Waals surface area contributed by atoms with Gasteiger partial charge in [-0.1, -0.05) is 18.2 Å². The Labute approximate surface area is 157 Å². The largest absolute Gasteiger partial charge is 0.494 e. The molecule has 4 nitrogen and oxygen atoms in total. The lowest BCUT2D eigenvalue weighted by atomic mass is 10.0. The number of carbonyl (C=O) groups excluding carboxylic acids is 2. The standard InChI is InChI=1S/C21H21NO3S/c1-5-25-18-10-8-17(9-11-18)22-20(23)19(26-21(22)24)15(4)16-7-6-13(2)14(3)12-16/h6-12H,5H2,1-4H3/b19-15-. The molecule has 1 aliphatic heterocycles. The van der Waals surface area contributed by atoms with Crippen LogP contribution in [0.15, 0.2) is 47.4 Å².